The first-order valence-corrected chi connectivity index (χ1v) is 21.1. The minimum absolute atomic E-state index is 0.00252. The van der Waals surface area contributed by atoms with Crippen molar-refractivity contribution in [3.63, 3.8) is 0 Å². The van der Waals surface area contributed by atoms with Crippen molar-refractivity contribution in [1.29, 1.82) is 0 Å². The molecule has 5 heteroatoms. The number of rotatable bonds is 4. The molecule has 0 N–H and O–H groups in total. The number of fused-ring (bicyclic) bond motifs is 10. The average Bonchev–Trinajstić information content (AvgIpc) is 3.71. The zero-order chi connectivity index (χ0) is 37.3. The monoisotopic (exact) mass is 739 g/mol. The van der Waals surface area contributed by atoms with Crippen molar-refractivity contribution >= 4 is 100 Å². The lowest BCUT2D eigenvalue weighted by atomic mass is 9.33. The number of hydrogen-bond donors (Lipinski definition) is 0. The molecule has 0 bridgehead atoms. The first kappa shape index (κ1) is 32.5. The van der Waals surface area contributed by atoms with Crippen LogP contribution >= 0.6 is 11.3 Å². The lowest BCUT2D eigenvalue weighted by molar-refractivity contribution is 0.195. The van der Waals surface area contributed by atoms with E-state index in [9.17, 15) is 0 Å². The van der Waals surface area contributed by atoms with E-state index in [0.29, 0.717) is 0 Å². The van der Waals surface area contributed by atoms with Gasteiger partial charge in [0.15, 0.2) is 0 Å². The third-order valence-electron chi connectivity index (χ3n) is 14.0. The fourth-order valence-electron chi connectivity index (χ4n) is 11.3. The normalized spacial score (nSPS) is 20.2. The second kappa shape index (κ2) is 11.6. The Morgan fingerprint density at radius 1 is 0.589 bits per heavy atom. The van der Waals surface area contributed by atoms with E-state index in [4.69, 9.17) is 0 Å². The van der Waals surface area contributed by atoms with Gasteiger partial charge in [-0.05, 0) is 115 Å². The van der Waals surface area contributed by atoms with Crippen molar-refractivity contribution in [3.05, 3.63) is 163 Å². The molecule has 0 spiro atoms. The van der Waals surface area contributed by atoms with Crippen molar-refractivity contribution in [2.45, 2.75) is 57.4 Å². The number of aryl methyl sites for hydroxylation is 1. The molecule has 12 rings (SSSR count). The van der Waals surface area contributed by atoms with Gasteiger partial charge in [0, 0.05) is 60.7 Å². The smallest absolute Gasteiger partial charge is 0.252 e. The molecule has 3 nitrogen and oxygen atoms in total. The lowest BCUT2D eigenvalue weighted by Gasteiger charge is -2.53. The van der Waals surface area contributed by atoms with Gasteiger partial charge in [0.1, 0.15) is 0 Å². The molecule has 4 aliphatic rings. The number of para-hydroxylation sites is 3. The maximum Gasteiger partial charge on any atom is 0.252 e. The van der Waals surface area contributed by atoms with Crippen LogP contribution in [0.15, 0.2) is 152 Å². The molecule has 0 saturated heterocycles. The molecule has 270 valence electrons. The molecule has 8 aromatic rings. The van der Waals surface area contributed by atoms with E-state index in [1.165, 1.54) is 96.2 Å². The van der Waals surface area contributed by atoms with E-state index in [1.54, 1.807) is 5.56 Å². The molecule has 2 atom stereocenters. The maximum absolute atomic E-state index is 2.84. The first-order valence-electron chi connectivity index (χ1n) is 20.3. The van der Waals surface area contributed by atoms with E-state index < -0.39 is 0 Å². The number of nitrogens with zero attached hydrogens (tertiary/aromatic N) is 3. The third kappa shape index (κ3) is 4.19. The molecule has 0 amide bonds. The molecule has 3 aliphatic heterocycles. The largest absolute Gasteiger partial charge is 0.335 e. The molecule has 1 aliphatic carbocycles. The average molecular weight is 740 g/mol. The van der Waals surface area contributed by atoms with Gasteiger partial charge in [-0.2, -0.15) is 0 Å². The van der Waals surface area contributed by atoms with E-state index in [1.807, 2.05) is 11.3 Å². The highest BCUT2D eigenvalue weighted by molar-refractivity contribution is 7.26. The van der Waals surface area contributed by atoms with Gasteiger partial charge in [-0.15, -0.1) is 11.3 Å². The summed E-state index contributed by atoms with van der Waals surface area (Å²) in [6.07, 6.45) is 4.99. The first-order chi connectivity index (χ1) is 27.4. The van der Waals surface area contributed by atoms with E-state index in [-0.39, 0.29) is 17.7 Å². The van der Waals surface area contributed by atoms with E-state index in [2.05, 4.69) is 187 Å². The van der Waals surface area contributed by atoms with Crippen LogP contribution in [0.4, 0.5) is 45.5 Å². The van der Waals surface area contributed by atoms with Crippen molar-refractivity contribution in [1.82, 2.24) is 0 Å². The van der Waals surface area contributed by atoms with Gasteiger partial charge in [-0.1, -0.05) is 111 Å². The lowest BCUT2D eigenvalue weighted by Crippen LogP contribution is -2.64. The van der Waals surface area contributed by atoms with Crippen LogP contribution in [-0.2, 0) is 5.41 Å². The summed E-state index contributed by atoms with van der Waals surface area (Å²) in [5, 5.41) is 2.64. The Morgan fingerprint density at radius 2 is 1.29 bits per heavy atom. The minimum Gasteiger partial charge on any atom is -0.335 e. The Labute approximate surface area is 333 Å². The summed E-state index contributed by atoms with van der Waals surface area (Å²) in [7, 11) is 0. The molecular formula is C51H42BN3S. The molecule has 2 unspecified atom stereocenters. The van der Waals surface area contributed by atoms with Crippen LogP contribution in [0.25, 0.3) is 20.2 Å². The summed E-state index contributed by atoms with van der Waals surface area (Å²) >= 11 is 1.92. The molecule has 1 saturated carbocycles. The summed E-state index contributed by atoms with van der Waals surface area (Å²) < 4.78 is 2.65. The van der Waals surface area contributed by atoms with Crippen LogP contribution in [0, 0.1) is 6.92 Å². The number of benzene rings is 7. The second-order valence-electron chi connectivity index (χ2n) is 16.9. The van der Waals surface area contributed by atoms with Crippen LogP contribution < -0.4 is 31.1 Å². The van der Waals surface area contributed by atoms with Gasteiger partial charge < -0.3 is 14.7 Å². The molecule has 0 radical (unpaired) electrons. The van der Waals surface area contributed by atoms with Crippen molar-refractivity contribution < 1.29 is 0 Å². The Morgan fingerprint density at radius 3 is 2.09 bits per heavy atom. The SMILES string of the molecule is Cc1cc2c3c(c1)N1c4c(cccc4C4(C)CCCCC14C)B3c1ccc(N(c3ccccc3)c3ccccc3)cc1N2c1cccc2c1sc1ccccc12. The van der Waals surface area contributed by atoms with Gasteiger partial charge in [0.05, 0.1) is 15.9 Å². The number of anilines is 8. The molecule has 4 heterocycles. The predicted molar refractivity (Wildman–Crippen MR) is 241 cm³/mol. The Balaban J connectivity index is 1.18. The third-order valence-corrected chi connectivity index (χ3v) is 15.2. The van der Waals surface area contributed by atoms with Gasteiger partial charge in [0.25, 0.3) is 6.71 Å². The highest BCUT2D eigenvalue weighted by Crippen LogP contribution is 2.62. The number of hydrogen-bond acceptors (Lipinski definition) is 4. The molecule has 7 aromatic carbocycles. The predicted octanol–water partition coefficient (Wildman–Crippen LogP) is 12.2. The summed E-state index contributed by atoms with van der Waals surface area (Å²) in [5.41, 5.74) is 17.3. The Hall–Kier alpha value is -5.78. The highest BCUT2D eigenvalue weighted by Gasteiger charge is 2.61. The van der Waals surface area contributed by atoms with Gasteiger partial charge >= 0.3 is 0 Å². The fraction of sp³-hybridized carbons (Fsp3) is 0.176. The summed E-state index contributed by atoms with van der Waals surface area (Å²) in [4.78, 5) is 7.88. The van der Waals surface area contributed by atoms with E-state index >= 15 is 0 Å². The van der Waals surface area contributed by atoms with Crippen molar-refractivity contribution in [3.8, 4) is 0 Å². The zero-order valence-electron chi connectivity index (χ0n) is 32.1. The topological polar surface area (TPSA) is 9.72 Å². The van der Waals surface area contributed by atoms with Crippen LogP contribution in [0.5, 0.6) is 0 Å². The van der Waals surface area contributed by atoms with E-state index in [0.717, 1.165) is 17.1 Å². The fourth-order valence-corrected chi connectivity index (χ4v) is 12.5. The summed E-state index contributed by atoms with van der Waals surface area (Å²) in [6.45, 7) is 7.57. The molecule has 1 fully saturated rings. The summed E-state index contributed by atoms with van der Waals surface area (Å²) in [5.74, 6) is 0. The van der Waals surface area contributed by atoms with Crippen molar-refractivity contribution in [2.24, 2.45) is 0 Å². The zero-order valence-corrected chi connectivity index (χ0v) is 32.9. The van der Waals surface area contributed by atoms with Crippen LogP contribution in [0.1, 0.15) is 50.7 Å². The van der Waals surface area contributed by atoms with Crippen LogP contribution in [0.3, 0.4) is 0 Å². The van der Waals surface area contributed by atoms with Gasteiger partial charge in [0.2, 0.25) is 0 Å². The van der Waals surface area contributed by atoms with Crippen molar-refractivity contribution in [2.75, 3.05) is 14.7 Å². The highest BCUT2D eigenvalue weighted by atomic mass is 32.1. The quantitative estimate of drug-likeness (QED) is 0.166. The van der Waals surface area contributed by atoms with Gasteiger partial charge in [-0.25, -0.2) is 0 Å². The van der Waals surface area contributed by atoms with Crippen LogP contribution in [-0.4, -0.2) is 12.3 Å². The Kier molecular flexibility index (Phi) is 6.74. The van der Waals surface area contributed by atoms with Gasteiger partial charge in [-0.3, -0.25) is 0 Å². The summed E-state index contributed by atoms with van der Waals surface area (Å²) in [6, 6.07) is 57.1. The maximum atomic E-state index is 2.84. The molecule has 56 heavy (non-hydrogen) atoms. The van der Waals surface area contributed by atoms with Crippen LogP contribution in [0.2, 0.25) is 0 Å². The Bertz CT molecular complexity index is 2860. The number of thiophene rings is 1. The minimum atomic E-state index is 0.00252. The molecule has 1 aromatic heterocycles. The molecular weight excluding hydrogens is 697 g/mol. The second-order valence-corrected chi connectivity index (χ2v) is 17.9. The standard InChI is InChI=1S/C51H42BN3S/c1-33-30-44-47-45(31-33)55-48-39(50(2)28-12-13-29-51(50,55)3)22-15-23-41(48)52(47)40-27-26-36(53(34-16-6-4-7-17-34)35-18-8-5-9-19-35)32-43(40)54(44)42-24-14-21-38-37-20-10-11-25-46(37)56-49(38)42/h4-11,14-27,30-32H,12-13,28-29H2,1-3H3.